The normalized spacial score (nSPS) is 12.3. The molecule has 0 fully saturated rings. The van der Waals surface area contributed by atoms with E-state index in [1.165, 1.54) is 12.1 Å². The van der Waals surface area contributed by atoms with Crippen molar-refractivity contribution in [1.29, 1.82) is 0 Å². The first-order valence-corrected chi connectivity index (χ1v) is 8.82. The van der Waals surface area contributed by atoms with E-state index in [1.54, 1.807) is 12.1 Å². The number of hydrogen-bond donors (Lipinski definition) is 1. The first kappa shape index (κ1) is 20.1. The highest BCUT2D eigenvalue weighted by molar-refractivity contribution is 5.69. The summed E-state index contributed by atoms with van der Waals surface area (Å²) < 4.78 is 23.8. The number of aliphatic hydroxyl groups excluding tert-OH is 1. The molecule has 26 heavy (non-hydrogen) atoms. The van der Waals surface area contributed by atoms with Gasteiger partial charge in [-0.05, 0) is 43.2 Å². The molecule has 1 atom stereocenters. The number of esters is 1. The number of hydrogen-bond acceptors (Lipinski definition) is 5. The average molecular weight is 363 g/mol. The van der Waals surface area contributed by atoms with Crippen molar-refractivity contribution in [1.82, 2.24) is 4.90 Å². The molecular formula is C20H26FNO4. The lowest BCUT2D eigenvalue weighted by atomic mass is 10.2. The van der Waals surface area contributed by atoms with E-state index in [0.29, 0.717) is 32.5 Å². The van der Waals surface area contributed by atoms with Crippen molar-refractivity contribution in [2.24, 2.45) is 0 Å². The van der Waals surface area contributed by atoms with E-state index >= 15 is 0 Å². The van der Waals surface area contributed by atoms with E-state index in [9.17, 15) is 14.3 Å². The molecule has 0 radical (unpaired) electrons. The summed E-state index contributed by atoms with van der Waals surface area (Å²) in [6, 6.07) is 10.0. The van der Waals surface area contributed by atoms with Crippen LogP contribution in [0.5, 0.6) is 0 Å². The van der Waals surface area contributed by atoms with E-state index in [1.807, 2.05) is 30.9 Å². The smallest absolute Gasteiger partial charge is 0.305 e. The van der Waals surface area contributed by atoms with Crippen molar-refractivity contribution in [3.63, 3.8) is 0 Å². The van der Waals surface area contributed by atoms with Crippen LogP contribution in [0.1, 0.15) is 36.8 Å². The van der Waals surface area contributed by atoms with Crippen molar-refractivity contribution in [3.05, 3.63) is 59.3 Å². The van der Waals surface area contributed by atoms with Gasteiger partial charge in [-0.15, -0.1) is 0 Å². The molecule has 6 heteroatoms. The van der Waals surface area contributed by atoms with Gasteiger partial charge in [0, 0.05) is 19.5 Å². The van der Waals surface area contributed by atoms with Gasteiger partial charge >= 0.3 is 5.97 Å². The summed E-state index contributed by atoms with van der Waals surface area (Å²) in [4.78, 5) is 13.4. The van der Waals surface area contributed by atoms with Gasteiger partial charge in [0.15, 0.2) is 0 Å². The van der Waals surface area contributed by atoms with E-state index in [0.717, 1.165) is 17.1 Å². The van der Waals surface area contributed by atoms with Crippen LogP contribution < -0.4 is 0 Å². The van der Waals surface area contributed by atoms with Crippen LogP contribution in [0, 0.1) is 12.7 Å². The third kappa shape index (κ3) is 6.98. The Kier molecular flexibility index (Phi) is 7.81. The second kappa shape index (κ2) is 10.1. The van der Waals surface area contributed by atoms with E-state index < -0.39 is 6.10 Å². The molecule has 2 aromatic rings. The molecule has 5 nitrogen and oxygen atoms in total. The zero-order valence-electron chi connectivity index (χ0n) is 15.3. The van der Waals surface area contributed by atoms with Gasteiger partial charge in [0.2, 0.25) is 0 Å². The highest BCUT2D eigenvalue weighted by Gasteiger charge is 2.16. The zero-order chi connectivity index (χ0) is 18.9. The van der Waals surface area contributed by atoms with Gasteiger partial charge in [-0.1, -0.05) is 19.1 Å². The molecule has 1 aromatic carbocycles. The first-order valence-electron chi connectivity index (χ1n) is 8.82. The van der Waals surface area contributed by atoms with Gasteiger partial charge in [-0.25, -0.2) is 4.39 Å². The maximum Gasteiger partial charge on any atom is 0.305 e. The molecule has 0 aliphatic rings. The maximum absolute atomic E-state index is 13.1. The van der Waals surface area contributed by atoms with E-state index in [4.69, 9.17) is 9.15 Å². The van der Waals surface area contributed by atoms with Crippen molar-refractivity contribution in [2.75, 3.05) is 13.2 Å². The van der Waals surface area contributed by atoms with Crippen molar-refractivity contribution in [2.45, 2.75) is 45.9 Å². The molecule has 0 spiro atoms. The fraction of sp³-hybridized carbons (Fsp3) is 0.450. The minimum Gasteiger partial charge on any atom is -0.465 e. The van der Waals surface area contributed by atoms with Crippen molar-refractivity contribution in [3.8, 4) is 0 Å². The van der Waals surface area contributed by atoms with Crippen LogP contribution in [0.4, 0.5) is 4.39 Å². The van der Waals surface area contributed by atoms with Crippen LogP contribution in [-0.2, 0) is 22.6 Å². The molecule has 2 rings (SSSR count). The van der Waals surface area contributed by atoms with Gasteiger partial charge in [-0.3, -0.25) is 9.69 Å². The molecule has 0 aliphatic heterocycles. The van der Waals surface area contributed by atoms with Gasteiger partial charge in [0.1, 0.15) is 30.0 Å². The van der Waals surface area contributed by atoms with E-state index in [-0.39, 0.29) is 18.4 Å². The van der Waals surface area contributed by atoms with Crippen LogP contribution in [0.25, 0.3) is 0 Å². The second-order valence-electron chi connectivity index (χ2n) is 6.40. The summed E-state index contributed by atoms with van der Waals surface area (Å²) in [6.45, 7) is 5.03. The number of nitrogens with zero attached hydrogens (tertiary/aromatic N) is 1. The summed E-state index contributed by atoms with van der Waals surface area (Å²) in [5.41, 5.74) is 0.921. The predicted octanol–water partition coefficient (Wildman–Crippen LogP) is 3.43. The number of benzene rings is 1. The Hall–Kier alpha value is -2.18. The lowest BCUT2D eigenvalue weighted by molar-refractivity contribution is -0.147. The van der Waals surface area contributed by atoms with Crippen LogP contribution in [0.2, 0.25) is 0 Å². The van der Waals surface area contributed by atoms with Crippen molar-refractivity contribution >= 4 is 5.97 Å². The molecule has 0 saturated carbocycles. The Morgan fingerprint density at radius 2 is 1.96 bits per heavy atom. The molecule has 0 amide bonds. The SMILES string of the molecule is CCCC(=O)OCC(O)CN(Cc1ccc(F)cc1)Cc1ccc(C)o1. The van der Waals surface area contributed by atoms with Crippen LogP contribution in [0.3, 0.4) is 0 Å². The molecule has 1 heterocycles. The minimum atomic E-state index is -0.813. The number of carbonyl (C=O) groups excluding carboxylic acids is 1. The Balaban J connectivity index is 1.97. The average Bonchev–Trinajstić information content (AvgIpc) is 3.00. The van der Waals surface area contributed by atoms with E-state index in [2.05, 4.69) is 0 Å². The number of carbonyl (C=O) groups is 1. The monoisotopic (exact) mass is 363 g/mol. The minimum absolute atomic E-state index is 0.0457. The number of rotatable bonds is 10. The highest BCUT2D eigenvalue weighted by Crippen LogP contribution is 2.14. The standard InChI is InChI=1S/C20H26FNO4/c1-3-4-20(24)25-14-18(23)12-22(13-19-10-5-15(2)26-19)11-16-6-8-17(21)9-7-16/h5-10,18,23H,3-4,11-14H2,1-2H3. The van der Waals surface area contributed by atoms with Gasteiger partial charge in [0.05, 0.1) is 6.54 Å². The lowest BCUT2D eigenvalue weighted by Gasteiger charge is -2.24. The summed E-state index contributed by atoms with van der Waals surface area (Å²) in [7, 11) is 0. The summed E-state index contributed by atoms with van der Waals surface area (Å²) in [5, 5.41) is 10.2. The fourth-order valence-corrected chi connectivity index (χ4v) is 2.64. The first-order chi connectivity index (χ1) is 12.5. The molecule has 1 N–H and O–H groups in total. The third-order valence-electron chi connectivity index (χ3n) is 3.85. The number of ether oxygens (including phenoxy) is 1. The largest absolute Gasteiger partial charge is 0.465 e. The summed E-state index contributed by atoms with van der Waals surface area (Å²) >= 11 is 0. The Morgan fingerprint density at radius 1 is 1.23 bits per heavy atom. The lowest BCUT2D eigenvalue weighted by Crippen LogP contribution is -2.34. The predicted molar refractivity (Wildman–Crippen MR) is 95.8 cm³/mol. The Bertz CT molecular complexity index is 683. The van der Waals surface area contributed by atoms with Crippen LogP contribution in [-0.4, -0.2) is 35.2 Å². The van der Waals surface area contributed by atoms with Gasteiger partial charge in [-0.2, -0.15) is 0 Å². The molecule has 0 aliphatic carbocycles. The molecule has 1 unspecified atom stereocenters. The zero-order valence-corrected chi connectivity index (χ0v) is 15.3. The van der Waals surface area contributed by atoms with Crippen LogP contribution >= 0.6 is 0 Å². The van der Waals surface area contributed by atoms with Gasteiger partial charge in [0.25, 0.3) is 0 Å². The molecular weight excluding hydrogens is 337 g/mol. The molecule has 0 bridgehead atoms. The topological polar surface area (TPSA) is 62.9 Å². The molecule has 142 valence electrons. The highest BCUT2D eigenvalue weighted by atomic mass is 19.1. The quantitative estimate of drug-likeness (QED) is 0.655. The Morgan fingerprint density at radius 3 is 2.58 bits per heavy atom. The van der Waals surface area contributed by atoms with Gasteiger partial charge < -0.3 is 14.3 Å². The van der Waals surface area contributed by atoms with Crippen LogP contribution in [0.15, 0.2) is 40.8 Å². The second-order valence-corrected chi connectivity index (χ2v) is 6.40. The summed E-state index contributed by atoms with van der Waals surface area (Å²) in [6.07, 6.45) is 0.244. The molecule has 0 saturated heterocycles. The molecule has 1 aromatic heterocycles. The fourth-order valence-electron chi connectivity index (χ4n) is 2.64. The Labute approximate surface area is 153 Å². The maximum atomic E-state index is 13.1. The summed E-state index contributed by atoms with van der Waals surface area (Å²) in [5.74, 6) is 0.999. The number of aliphatic hydroxyl groups is 1. The third-order valence-corrected chi connectivity index (χ3v) is 3.85. The number of aryl methyl sites for hydroxylation is 1. The number of furan rings is 1. The van der Waals surface area contributed by atoms with Crippen molar-refractivity contribution < 1.29 is 23.4 Å². The number of halogens is 1.